The van der Waals surface area contributed by atoms with Crippen molar-refractivity contribution in [1.82, 2.24) is 0 Å². The summed E-state index contributed by atoms with van der Waals surface area (Å²) >= 11 is 12.5. The minimum absolute atomic E-state index is 0.164. The van der Waals surface area contributed by atoms with Gasteiger partial charge in [0.2, 0.25) is 0 Å². The molecule has 0 aromatic rings. The van der Waals surface area contributed by atoms with E-state index in [-0.39, 0.29) is 4.87 Å². The van der Waals surface area contributed by atoms with Crippen LogP contribution in [0.1, 0.15) is 25.7 Å². The summed E-state index contributed by atoms with van der Waals surface area (Å²) in [5, 5.41) is 0.997. The second kappa shape index (κ2) is 4.12. The molecule has 2 aliphatic rings. The topological polar surface area (TPSA) is 0 Å². The van der Waals surface area contributed by atoms with Crippen molar-refractivity contribution in [2.75, 3.05) is 0 Å². The molecule has 76 valence electrons. The molecule has 0 bridgehead atoms. The van der Waals surface area contributed by atoms with E-state index >= 15 is 0 Å². The van der Waals surface area contributed by atoms with E-state index in [1.165, 1.54) is 0 Å². The van der Waals surface area contributed by atoms with E-state index < -0.39 is 0 Å². The van der Waals surface area contributed by atoms with Crippen molar-refractivity contribution in [2.24, 2.45) is 5.92 Å². The molecule has 2 atom stereocenters. The largest absolute Gasteiger partial charge is 0.114 e. The monoisotopic (exact) mass is 228 g/mol. The van der Waals surface area contributed by atoms with Gasteiger partial charge in [0.15, 0.2) is 0 Å². The van der Waals surface area contributed by atoms with E-state index in [9.17, 15) is 0 Å². The molecule has 0 N–H and O–H groups in total. The first-order chi connectivity index (χ1) is 6.71. The Labute approximate surface area is 95.3 Å². The van der Waals surface area contributed by atoms with Gasteiger partial charge in [-0.05, 0) is 31.6 Å². The van der Waals surface area contributed by atoms with E-state index in [2.05, 4.69) is 30.4 Å². The van der Waals surface area contributed by atoms with E-state index in [0.29, 0.717) is 5.92 Å². The van der Waals surface area contributed by atoms with Gasteiger partial charge in [-0.2, -0.15) is 0 Å². The molecule has 14 heavy (non-hydrogen) atoms. The normalized spacial score (nSPS) is 37.0. The minimum atomic E-state index is -0.164. The lowest BCUT2D eigenvalue weighted by Gasteiger charge is -2.34. The van der Waals surface area contributed by atoms with E-state index in [4.69, 9.17) is 23.2 Å². The molecule has 0 saturated carbocycles. The first-order valence-electron chi connectivity index (χ1n) is 5.08. The fourth-order valence-corrected chi connectivity index (χ4v) is 2.71. The van der Waals surface area contributed by atoms with Crippen molar-refractivity contribution in [2.45, 2.75) is 30.6 Å². The van der Waals surface area contributed by atoms with Crippen LogP contribution in [0.5, 0.6) is 0 Å². The third-order valence-electron chi connectivity index (χ3n) is 3.09. The summed E-state index contributed by atoms with van der Waals surface area (Å²) in [5.74, 6) is 0.535. The minimum Gasteiger partial charge on any atom is -0.114 e. The zero-order valence-corrected chi connectivity index (χ0v) is 9.56. The summed E-state index contributed by atoms with van der Waals surface area (Å²) in [6, 6.07) is 0. The molecule has 0 aromatic heterocycles. The molecule has 0 amide bonds. The fourth-order valence-electron chi connectivity index (χ4n) is 2.15. The predicted octanol–water partition coefficient (Wildman–Crippen LogP) is 4.40. The second-order valence-electron chi connectivity index (χ2n) is 4.04. The number of allylic oxidation sites excluding steroid dienone is 6. The highest BCUT2D eigenvalue weighted by Crippen LogP contribution is 2.41. The van der Waals surface area contributed by atoms with Gasteiger partial charge in [0.25, 0.3) is 0 Å². The van der Waals surface area contributed by atoms with E-state index in [0.717, 1.165) is 30.7 Å². The summed E-state index contributed by atoms with van der Waals surface area (Å²) in [6.07, 6.45) is 14.6. The van der Waals surface area contributed by atoms with Crippen LogP contribution >= 0.6 is 23.2 Å². The lowest BCUT2D eigenvalue weighted by molar-refractivity contribution is 0.389. The van der Waals surface area contributed by atoms with Gasteiger partial charge >= 0.3 is 0 Å². The Morgan fingerprint density at radius 1 is 1.36 bits per heavy atom. The molecular formula is C12H14Cl2. The second-order valence-corrected chi connectivity index (χ2v) is 5.23. The molecule has 2 aliphatic carbocycles. The standard InChI is InChI=1S/C12H14Cl2/c13-11-6-4-10(5-7-11)12(14)8-2-1-3-9-12/h1-3,6,8,10H,4-5,7,9H2. The molecule has 2 heteroatoms. The smallest absolute Gasteiger partial charge is 0.0694 e. The van der Waals surface area contributed by atoms with Gasteiger partial charge in [-0.1, -0.05) is 42.0 Å². The van der Waals surface area contributed by atoms with Gasteiger partial charge in [0.05, 0.1) is 4.87 Å². The van der Waals surface area contributed by atoms with Crippen LogP contribution in [-0.4, -0.2) is 4.87 Å². The van der Waals surface area contributed by atoms with Gasteiger partial charge in [0, 0.05) is 5.03 Å². The Morgan fingerprint density at radius 3 is 2.79 bits per heavy atom. The van der Waals surface area contributed by atoms with Gasteiger partial charge in [-0.25, -0.2) is 0 Å². The van der Waals surface area contributed by atoms with Crippen molar-refractivity contribution in [3.05, 3.63) is 35.4 Å². The summed E-state index contributed by atoms with van der Waals surface area (Å²) in [4.78, 5) is -0.164. The highest BCUT2D eigenvalue weighted by atomic mass is 35.5. The van der Waals surface area contributed by atoms with E-state index in [1.54, 1.807) is 0 Å². The molecule has 0 saturated heterocycles. The van der Waals surface area contributed by atoms with Crippen LogP contribution in [0.25, 0.3) is 0 Å². The summed E-state index contributed by atoms with van der Waals surface area (Å²) in [7, 11) is 0. The highest BCUT2D eigenvalue weighted by Gasteiger charge is 2.34. The van der Waals surface area contributed by atoms with Gasteiger partial charge in [-0.3, -0.25) is 0 Å². The van der Waals surface area contributed by atoms with Crippen LogP contribution < -0.4 is 0 Å². The van der Waals surface area contributed by atoms with E-state index in [1.807, 2.05) is 0 Å². The van der Waals surface area contributed by atoms with Gasteiger partial charge in [0.1, 0.15) is 0 Å². The molecule has 0 heterocycles. The van der Waals surface area contributed by atoms with Crippen LogP contribution in [0, 0.1) is 5.92 Å². The fraction of sp³-hybridized carbons (Fsp3) is 0.500. The Balaban J connectivity index is 2.08. The predicted molar refractivity (Wildman–Crippen MR) is 62.8 cm³/mol. The van der Waals surface area contributed by atoms with Crippen molar-refractivity contribution < 1.29 is 0 Å². The first kappa shape index (κ1) is 10.3. The number of rotatable bonds is 1. The van der Waals surface area contributed by atoms with Crippen molar-refractivity contribution in [3.63, 3.8) is 0 Å². The molecule has 2 unspecified atom stereocenters. The molecule has 0 spiro atoms. The van der Waals surface area contributed by atoms with Gasteiger partial charge in [-0.15, -0.1) is 11.6 Å². The van der Waals surface area contributed by atoms with Crippen molar-refractivity contribution in [3.8, 4) is 0 Å². The summed E-state index contributed by atoms with van der Waals surface area (Å²) in [5.41, 5.74) is 0. The number of halogens is 2. The summed E-state index contributed by atoms with van der Waals surface area (Å²) in [6.45, 7) is 0. The third-order valence-corrected chi connectivity index (χ3v) is 4.02. The van der Waals surface area contributed by atoms with Crippen LogP contribution in [0.2, 0.25) is 0 Å². The summed E-state index contributed by atoms with van der Waals surface area (Å²) < 4.78 is 0. The lowest BCUT2D eigenvalue weighted by atomic mass is 9.79. The quantitative estimate of drug-likeness (QED) is 0.584. The molecule has 0 fully saturated rings. The Hall–Kier alpha value is -0.200. The Morgan fingerprint density at radius 2 is 2.21 bits per heavy atom. The SMILES string of the molecule is ClC1=CCC(C2(Cl)C=CC=CC2)CC1. The number of hydrogen-bond acceptors (Lipinski definition) is 0. The average molecular weight is 229 g/mol. The van der Waals surface area contributed by atoms with Crippen LogP contribution in [-0.2, 0) is 0 Å². The maximum atomic E-state index is 6.59. The van der Waals surface area contributed by atoms with Crippen LogP contribution in [0.3, 0.4) is 0 Å². The molecular weight excluding hydrogens is 215 g/mol. The third kappa shape index (κ3) is 2.07. The first-order valence-corrected chi connectivity index (χ1v) is 5.84. The van der Waals surface area contributed by atoms with Crippen LogP contribution in [0.15, 0.2) is 35.4 Å². The average Bonchev–Trinajstić information content (AvgIpc) is 2.19. The zero-order chi connectivity index (χ0) is 10.0. The maximum absolute atomic E-state index is 6.59. The molecule has 0 radical (unpaired) electrons. The molecule has 0 nitrogen and oxygen atoms in total. The van der Waals surface area contributed by atoms with Gasteiger partial charge < -0.3 is 0 Å². The van der Waals surface area contributed by atoms with Crippen molar-refractivity contribution in [1.29, 1.82) is 0 Å². The van der Waals surface area contributed by atoms with Crippen LogP contribution in [0.4, 0.5) is 0 Å². The Bertz CT molecular complexity index is 301. The van der Waals surface area contributed by atoms with Crippen molar-refractivity contribution >= 4 is 23.2 Å². The molecule has 0 aromatic carbocycles. The number of alkyl halides is 1. The highest BCUT2D eigenvalue weighted by molar-refractivity contribution is 6.29. The number of hydrogen-bond donors (Lipinski definition) is 0. The lowest BCUT2D eigenvalue weighted by Crippen LogP contribution is -2.31. The molecule has 0 aliphatic heterocycles. The Kier molecular flexibility index (Phi) is 3.04. The molecule has 2 rings (SSSR count). The zero-order valence-electron chi connectivity index (χ0n) is 8.05. The maximum Gasteiger partial charge on any atom is 0.0694 e.